The molecule has 0 aliphatic heterocycles. The molecule has 1 saturated carbocycles. The summed E-state index contributed by atoms with van der Waals surface area (Å²) in [6, 6.07) is 2.22. The van der Waals surface area contributed by atoms with Gasteiger partial charge in [0.2, 0.25) is 5.91 Å². The highest BCUT2D eigenvalue weighted by Gasteiger charge is 2.25. The predicted molar refractivity (Wildman–Crippen MR) is 94.1 cm³/mol. The predicted octanol–water partition coefficient (Wildman–Crippen LogP) is 3.56. The van der Waals surface area contributed by atoms with Crippen LogP contribution in [0.3, 0.4) is 0 Å². The highest BCUT2D eigenvalue weighted by atomic mass is 32.1. The standard InChI is InChI=1S/C18H24N2O3S/c1-14-13-24-18(22)19(14)9-7-17(21)20(11-15-8-10-23-12-15)16-5-3-2-4-6-16/h8,10,12-13,16H,2-7,9,11H2,1H3. The number of hydrogen-bond acceptors (Lipinski definition) is 4. The minimum atomic E-state index is 0.0133. The first-order valence-corrected chi connectivity index (χ1v) is 9.48. The Bertz CT molecular complexity index is 711. The van der Waals surface area contributed by atoms with Gasteiger partial charge in [0.1, 0.15) is 0 Å². The Balaban J connectivity index is 1.69. The third-order valence-electron chi connectivity index (χ3n) is 4.79. The van der Waals surface area contributed by atoms with Gasteiger partial charge in [-0.05, 0) is 25.8 Å². The second-order valence-electron chi connectivity index (χ2n) is 6.49. The molecule has 3 rings (SSSR count). The van der Waals surface area contributed by atoms with Gasteiger partial charge in [0.05, 0.1) is 12.5 Å². The number of thiazole rings is 1. The first-order chi connectivity index (χ1) is 11.6. The molecule has 0 atom stereocenters. The maximum atomic E-state index is 12.9. The van der Waals surface area contributed by atoms with E-state index in [-0.39, 0.29) is 10.8 Å². The number of hydrogen-bond donors (Lipinski definition) is 0. The smallest absolute Gasteiger partial charge is 0.307 e. The van der Waals surface area contributed by atoms with Crippen LogP contribution in [0, 0.1) is 6.92 Å². The Morgan fingerprint density at radius 2 is 2.17 bits per heavy atom. The Kier molecular flexibility index (Phi) is 5.56. The highest BCUT2D eigenvalue weighted by molar-refractivity contribution is 7.07. The van der Waals surface area contributed by atoms with Gasteiger partial charge in [-0.3, -0.25) is 9.59 Å². The molecule has 2 heterocycles. The van der Waals surface area contributed by atoms with E-state index in [0.717, 1.165) is 24.1 Å². The molecular weight excluding hydrogens is 324 g/mol. The van der Waals surface area contributed by atoms with Gasteiger partial charge in [-0.15, -0.1) is 0 Å². The molecule has 0 saturated heterocycles. The third kappa shape index (κ3) is 3.98. The summed E-state index contributed by atoms with van der Waals surface area (Å²) in [7, 11) is 0. The van der Waals surface area contributed by atoms with Crippen LogP contribution in [0.25, 0.3) is 0 Å². The van der Waals surface area contributed by atoms with Crippen LogP contribution in [-0.4, -0.2) is 21.4 Å². The van der Waals surface area contributed by atoms with E-state index in [0.29, 0.717) is 25.6 Å². The van der Waals surface area contributed by atoms with E-state index in [9.17, 15) is 9.59 Å². The first-order valence-electron chi connectivity index (χ1n) is 8.60. The topological polar surface area (TPSA) is 55.5 Å². The number of carbonyl (C=O) groups is 1. The van der Waals surface area contributed by atoms with E-state index in [1.54, 1.807) is 17.1 Å². The summed E-state index contributed by atoms with van der Waals surface area (Å²) in [5.74, 6) is 0.126. The second kappa shape index (κ2) is 7.83. The highest BCUT2D eigenvalue weighted by Crippen LogP contribution is 2.25. The van der Waals surface area contributed by atoms with Gasteiger partial charge in [0.15, 0.2) is 0 Å². The quantitative estimate of drug-likeness (QED) is 0.802. The molecule has 2 aromatic heterocycles. The summed E-state index contributed by atoms with van der Waals surface area (Å²) in [4.78, 5) is 26.7. The third-order valence-corrected chi connectivity index (χ3v) is 5.68. The molecule has 6 heteroatoms. The van der Waals surface area contributed by atoms with Crippen molar-refractivity contribution in [2.75, 3.05) is 0 Å². The van der Waals surface area contributed by atoms with Crippen LogP contribution in [0.4, 0.5) is 0 Å². The lowest BCUT2D eigenvalue weighted by atomic mass is 9.93. The van der Waals surface area contributed by atoms with Crippen LogP contribution in [-0.2, 0) is 17.9 Å². The number of carbonyl (C=O) groups excluding carboxylic acids is 1. The van der Waals surface area contributed by atoms with Crippen LogP contribution in [0.15, 0.2) is 33.2 Å². The van der Waals surface area contributed by atoms with Crippen LogP contribution in [0.5, 0.6) is 0 Å². The molecule has 1 aliphatic rings. The van der Waals surface area contributed by atoms with Gasteiger partial charge in [-0.25, -0.2) is 0 Å². The summed E-state index contributed by atoms with van der Waals surface area (Å²) >= 11 is 1.19. The average molecular weight is 348 g/mol. The zero-order valence-electron chi connectivity index (χ0n) is 14.1. The van der Waals surface area contributed by atoms with E-state index in [1.807, 2.05) is 23.3 Å². The lowest BCUT2D eigenvalue weighted by molar-refractivity contribution is -0.135. The lowest BCUT2D eigenvalue weighted by Crippen LogP contribution is -2.41. The van der Waals surface area contributed by atoms with Crippen LogP contribution < -0.4 is 4.87 Å². The normalized spacial score (nSPS) is 15.5. The van der Waals surface area contributed by atoms with Crippen molar-refractivity contribution < 1.29 is 9.21 Å². The molecule has 5 nitrogen and oxygen atoms in total. The van der Waals surface area contributed by atoms with Crippen molar-refractivity contribution in [2.45, 2.75) is 64.6 Å². The Labute approximate surface area is 145 Å². The Morgan fingerprint density at radius 3 is 2.79 bits per heavy atom. The zero-order chi connectivity index (χ0) is 16.9. The monoisotopic (exact) mass is 348 g/mol. The summed E-state index contributed by atoms with van der Waals surface area (Å²) in [5.41, 5.74) is 1.95. The summed E-state index contributed by atoms with van der Waals surface area (Å²) in [6.45, 7) is 2.96. The van der Waals surface area contributed by atoms with Gasteiger partial charge >= 0.3 is 4.87 Å². The van der Waals surface area contributed by atoms with Crippen LogP contribution in [0.2, 0.25) is 0 Å². The van der Waals surface area contributed by atoms with Gasteiger partial charge in [-0.2, -0.15) is 0 Å². The molecule has 0 N–H and O–H groups in total. The number of aromatic nitrogens is 1. The minimum Gasteiger partial charge on any atom is -0.472 e. The van der Waals surface area contributed by atoms with E-state index in [2.05, 4.69) is 0 Å². The second-order valence-corrected chi connectivity index (χ2v) is 7.31. The molecular formula is C18H24N2O3S. The molecule has 0 radical (unpaired) electrons. The minimum absolute atomic E-state index is 0.0133. The fourth-order valence-corrected chi connectivity index (χ4v) is 4.18. The van der Waals surface area contributed by atoms with Gasteiger partial charge in [0.25, 0.3) is 0 Å². The summed E-state index contributed by atoms with van der Waals surface area (Å²) < 4.78 is 6.84. The van der Waals surface area contributed by atoms with E-state index in [1.165, 1.54) is 30.6 Å². The van der Waals surface area contributed by atoms with E-state index in [4.69, 9.17) is 4.42 Å². The van der Waals surface area contributed by atoms with Gasteiger partial charge < -0.3 is 13.9 Å². The molecule has 24 heavy (non-hydrogen) atoms. The van der Waals surface area contributed by atoms with E-state index < -0.39 is 0 Å². The maximum absolute atomic E-state index is 12.9. The average Bonchev–Trinajstić information content (AvgIpc) is 3.22. The maximum Gasteiger partial charge on any atom is 0.307 e. The Morgan fingerprint density at radius 1 is 1.38 bits per heavy atom. The molecule has 0 spiro atoms. The van der Waals surface area contributed by atoms with E-state index >= 15 is 0 Å². The molecule has 0 bridgehead atoms. The first kappa shape index (κ1) is 17.0. The lowest BCUT2D eigenvalue weighted by Gasteiger charge is -2.34. The largest absolute Gasteiger partial charge is 0.472 e. The number of aryl methyl sites for hydroxylation is 1. The fourth-order valence-electron chi connectivity index (χ4n) is 3.42. The van der Waals surface area contributed by atoms with Crippen LogP contribution >= 0.6 is 11.3 Å². The van der Waals surface area contributed by atoms with Crippen molar-refractivity contribution in [1.29, 1.82) is 0 Å². The number of nitrogens with zero attached hydrogens (tertiary/aromatic N) is 2. The number of rotatable bonds is 6. The van der Waals surface area contributed by atoms with Crippen molar-refractivity contribution >= 4 is 17.2 Å². The van der Waals surface area contributed by atoms with Crippen molar-refractivity contribution in [1.82, 2.24) is 9.47 Å². The SMILES string of the molecule is Cc1csc(=O)n1CCC(=O)N(Cc1ccoc1)C1CCCCC1. The number of amides is 1. The molecule has 130 valence electrons. The van der Waals surface area contributed by atoms with Gasteiger partial charge in [-0.1, -0.05) is 30.6 Å². The van der Waals surface area contributed by atoms with Crippen molar-refractivity contribution in [3.8, 4) is 0 Å². The van der Waals surface area contributed by atoms with Crippen molar-refractivity contribution in [3.63, 3.8) is 0 Å². The molecule has 1 fully saturated rings. The van der Waals surface area contributed by atoms with Gasteiger partial charge in [0, 0.05) is 42.2 Å². The number of furan rings is 1. The molecule has 1 amide bonds. The molecule has 0 aromatic carbocycles. The fraction of sp³-hybridized carbons (Fsp3) is 0.556. The Hall–Kier alpha value is -1.82. The summed E-state index contributed by atoms with van der Waals surface area (Å²) in [5, 5.41) is 1.84. The molecule has 2 aromatic rings. The molecule has 1 aliphatic carbocycles. The molecule has 0 unspecified atom stereocenters. The van der Waals surface area contributed by atoms with Crippen molar-refractivity contribution in [3.05, 3.63) is 44.9 Å². The van der Waals surface area contributed by atoms with Crippen molar-refractivity contribution in [2.24, 2.45) is 0 Å². The van der Waals surface area contributed by atoms with Crippen LogP contribution in [0.1, 0.15) is 49.8 Å². The zero-order valence-corrected chi connectivity index (χ0v) is 14.9. The summed E-state index contributed by atoms with van der Waals surface area (Å²) in [6.07, 6.45) is 9.48.